The molecule has 0 aliphatic rings. The molecular formula is C21H30N2O3S2. The van der Waals surface area contributed by atoms with Crippen molar-refractivity contribution in [1.82, 2.24) is 10.2 Å². The fraction of sp³-hybridized carbons (Fsp3) is 0.524. The van der Waals surface area contributed by atoms with Gasteiger partial charge in [0, 0.05) is 21.7 Å². The number of unbranched alkanes of at least 4 members (excludes halogenated alkanes) is 2. The van der Waals surface area contributed by atoms with Gasteiger partial charge in [0.2, 0.25) is 5.91 Å². The minimum absolute atomic E-state index is 0.174. The fourth-order valence-electron chi connectivity index (χ4n) is 2.63. The summed E-state index contributed by atoms with van der Waals surface area (Å²) in [5.74, 6) is 0.174. The second-order valence-corrected chi connectivity index (χ2v) is 9.79. The van der Waals surface area contributed by atoms with E-state index < -0.39 is 0 Å². The van der Waals surface area contributed by atoms with Gasteiger partial charge in [0.25, 0.3) is 0 Å². The number of nitrogens with zero attached hydrogens (tertiary/aromatic N) is 1. The van der Waals surface area contributed by atoms with Crippen LogP contribution in [0.25, 0.3) is 0 Å². The van der Waals surface area contributed by atoms with Crippen LogP contribution in [0.1, 0.15) is 56.2 Å². The number of thiophene rings is 2. The zero-order valence-electron chi connectivity index (χ0n) is 16.9. The van der Waals surface area contributed by atoms with Crippen LogP contribution in [-0.4, -0.2) is 29.0 Å². The Hall–Kier alpha value is -1.86. The Labute approximate surface area is 175 Å². The summed E-state index contributed by atoms with van der Waals surface area (Å²) in [6, 6.07) is 8.17. The molecule has 0 saturated carbocycles. The lowest BCUT2D eigenvalue weighted by atomic mass is 10.1. The lowest BCUT2D eigenvalue weighted by Gasteiger charge is -2.22. The lowest BCUT2D eigenvalue weighted by molar-refractivity contribution is -0.132. The highest BCUT2D eigenvalue weighted by Gasteiger charge is 2.16. The number of nitrogens with one attached hydrogen (secondary N) is 1. The molecule has 2 aromatic heterocycles. The van der Waals surface area contributed by atoms with Crippen LogP contribution in [-0.2, 0) is 22.6 Å². The topological polar surface area (TPSA) is 58.6 Å². The van der Waals surface area contributed by atoms with Gasteiger partial charge in [-0.15, -0.1) is 22.7 Å². The van der Waals surface area contributed by atoms with E-state index in [-0.39, 0.29) is 17.5 Å². The van der Waals surface area contributed by atoms with E-state index in [1.807, 2.05) is 48.6 Å². The lowest BCUT2D eigenvalue weighted by Crippen LogP contribution is -2.41. The predicted octanol–water partition coefficient (Wildman–Crippen LogP) is 5.42. The van der Waals surface area contributed by atoms with Gasteiger partial charge in [0.1, 0.15) is 0 Å². The molecule has 2 heterocycles. The van der Waals surface area contributed by atoms with Gasteiger partial charge < -0.3 is 15.0 Å². The van der Waals surface area contributed by atoms with Gasteiger partial charge >= 0.3 is 6.09 Å². The van der Waals surface area contributed by atoms with Crippen LogP contribution < -0.4 is 5.32 Å². The molecule has 2 rings (SSSR count). The van der Waals surface area contributed by atoms with Gasteiger partial charge in [-0.1, -0.05) is 12.1 Å². The average molecular weight is 423 g/mol. The standard InChI is InChI=1S/C21H30N2O3S2/c1-21(2,3)22-20(25)26-12-6-4-5-11-19(24)23(15-17-9-7-13-27-17)16-18-10-8-14-28-18/h7-10,13-14H,4-6,11-12,15-16H2,1-3H3,(H,22,25). The molecule has 0 fully saturated rings. The van der Waals surface area contributed by atoms with Crippen molar-refractivity contribution in [2.45, 2.75) is 65.1 Å². The van der Waals surface area contributed by atoms with Crippen LogP contribution in [0.5, 0.6) is 0 Å². The Bertz CT molecular complexity index is 670. The monoisotopic (exact) mass is 422 g/mol. The van der Waals surface area contributed by atoms with Gasteiger partial charge in [-0.2, -0.15) is 0 Å². The van der Waals surface area contributed by atoms with Crippen molar-refractivity contribution in [3.63, 3.8) is 0 Å². The summed E-state index contributed by atoms with van der Waals surface area (Å²) < 4.78 is 5.17. The highest BCUT2D eigenvalue weighted by Crippen LogP contribution is 2.18. The maximum Gasteiger partial charge on any atom is 0.407 e. The highest BCUT2D eigenvalue weighted by atomic mass is 32.1. The number of carbonyl (C=O) groups is 2. The Morgan fingerprint density at radius 2 is 1.61 bits per heavy atom. The Balaban J connectivity index is 1.70. The molecule has 7 heteroatoms. The van der Waals surface area contributed by atoms with E-state index in [2.05, 4.69) is 17.4 Å². The molecule has 154 valence electrons. The minimum Gasteiger partial charge on any atom is -0.450 e. The molecule has 5 nitrogen and oxygen atoms in total. The summed E-state index contributed by atoms with van der Waals surface area (Å²) in [5, 5.41) is 6.85. The first-order chi connectivity index (χ1) is 13.3. The first-order valence-electron chi connectivity index (χ1n) is 9.61. The molecule has 0 spiro atoms. The molecule has 0 aliphatic heterocycles. The molecule has 2 amide bonds. The van der Waals surface area contributed by atoms with Crippen molar-refractivity contribution in [3.8, 4) is 0 Å². The summed E-state index contributed by atoms with van der Waals surface area (Å²) in [7, 11) is 0. The predicted molar refractivity (Wildman–Crippen MR) is 116 cm³/mol. The van der Waals surface area contributed by atoms with Crippen LogP contribution in [0.4, 0.5) is 4.79 Å². The van der Waals surface area contributed by atoms with Crippen LogP contribution >= 0.6 is 22.7 Å². The maximum atomic E-state index is 12.7. The Morgan fingerprint density at radius 3 is 2.11 bits per heavy atom. The van der Waals surface area contributed by atoms with Gasteiger partial charge in [0.05, 0.1) is 19.7 Å². The van der Waals surface area contributed by atoms with Crippen LogP contribution in [0, 0.1) is 0 Å². The molecule has 1 N–H and O–H groups in total. The van der Waals surface area contributed by atoms with Crippen molar-refractivity contribution in [2.75, 3.05) is 6.61 Å². The number of ether oxygens (including phenoxy) is 1. The molecule has 0 atom stereocenters. The largest absolute Gasteiger partial charge is 0.450 e. The number of hydrogen-bond donors (Lipinski definition) is 1. The molecule has 0 aromatic carbocycles. The Kier molecular flexibility index (Phi) is 8.99. The second-order valence-electron chi connectivity index (χ2n) is 7.73. The van der Waals surface area contributed by atoms with E-state index >= 15 is 0 Å². The highest BCUT2D eigenvalue weighted by molar-refractivity contribution is 7.10. The SMILES string of the molecule is CC(C)(C)NC(=O)OCCCCCC(=O)N(Cc1cccs1)Cc1cccs1. The van der Waals surface area contributed by atoms with Crippen molar-refractivity contribution in [3.05, 3.63) is 44.8 Å². The van der Waals surface area contributed by atoms with E-state index in [9.17, 15) is 9.59 Å². The van der Waals surface area contributed by atoms with Crippen molar-refractivity contribution in [2.24, 2.45) is 0 Å². The molecule has 0 bridgehead atoms. The zero-order chi connectivity index (χ0) is 20.4. The van der Waals surface area contributed by atoms with Gasteiger partial charge in [-0.05, 0) is 62.9 Å². The van der Waals surface area contributed by atoms with Gasteiger partial charge in [-0.25, -0.2) is 4.79 Å². The van der Waals surface area contributed by atoms with Crippen molar-refractivity contribution in [1.29, 1.82) is 0 Å². The molecular weight excluding hydrogens is 392 g/mol. The van der Waals surface area contributed by atoms with Gasteiger partial charge in [0.15, 0.2) is 0 Å². The molecule has 28 heavy (non-hydrogen) atoms. The molecule has 0 saturated heterocycles. The number of rotatable bonds is 10. The third kappa shape index (κ3) is 8.89. The summed E-state index contributed by atoms with van der Waals surface area (Å²) in [6.45, 7) is 7.44. The fourth-order valence-corrected chi connectivity index (χ4v) is 4.07. The van der Waals surface area contributed by atoms with Crippen LogP contribution in [0.2, 0.25) is 0 Å². The molecule has 0 aliphatic carbocycles. The van der Waals surface area contributed by atoms with Gasteiger partial charge in [-0.3, -0.25) is 4.79 Å². The van der Waals surface area contributed by atoms with Crippen LogP contribution in [0.15, 0.2) is 35.0 Å². The Morgan fingerprint density at radius 1 is 1.00 bits per heavy atom. The quantitative estimate of drug-likeness (QED) is 0.520. The third-order valence-corrected chi connectivity index (χ3v) is 5.67. The molecule has 0 radical (unpaired) electrons. The van der Waals surface area contributed by atoms with E-state index in [0.29, 0.717) is 26.1 Å². The smallest absolute Gasteiger partial charge is 0.407 e. The first kappa shape index (κ1) is 22.4. The summed E-state index contributed by atoms with van der Waals surface area (Å²) in [6.07, 6.45) is 2.56. The number of hydrogen-bond acceptors (Lipinski definition) is 5. The maximum absolute atomic E-state index is 12.7. The first-order valence-corrected chi connectivity index (χ1v) is 11.4. The van der Waals surface area contributed by atoms with Crippen LogP contribution in [0.3, 0.4) is 0 Å². The zero-order valence-corrected chi connectivity index (χ0v) is 18.5. The molecule has 2 aromatic rings. The summed E-state index contributed by atoms with van der Waals surface area (Å²) in [4.78, 5) is 28.7. The van der Waals surface area contributed by atoms with E-state index in [1.165, 1.54) is 9.75 Å². The second kappa shape index (κ2) is 11.2. The van der Waals surface area contributed by atoms with E-state index in [1.54, 1.807) is 22.7 Å². The van der Waals surface area contributed by atoms with E-state index in [0.717, 1.165) is 19.3 Å². The third-order valence-electron chi connectivity index (χ3n) is 3.95. The minimum atomic E-state index is -0.387. The normalized spacial score (nSPS) is 11.2. The summed E-state index contributed by atoms with van der Waals surface area (Å²) in [5.41, 5.74) is -0.294. The summed E-state index contributed by atoms with van der Waals surface area (Å²) >= 11 is 3.36. The number of amides is 2. The molecule has 0 unspecified atom stereocenters. The van der Waals surface area contributed by atoms with E-state index in [4.69, 9.17) is 4.74 Å². The number of carbonyl (C=O) groups excluding carboxylic acids is 2. The van der Waals surface area contributed by atoms with Crippen molar-refractivity contribution >= 4 is 34.7 Å². The van der Waals surface area contributed by atoms with Crippen molar-refractivity contribution < 1.29 is 14.3 Å². The number of alkyl carbamates (subject to hydrolysis) is 1. The average Bonchev–Trinajstić information content (AvgIpc) is 3.29.